The van der Waals surface area contributed by atoms with E-state index in [0.29, 0.717) is 18.0 Å². The quantitative estimate of drug-likeness (QED) is 0.612. The van der Waals surface area contributed by atoms with Crippen LogP contribution in [0.3, 0.4) is 0 Å². The molecule has 0 amide bonds. The van der Waals surface area contributed by atoms with Crippen molar-refractivity contribution in [2.75, 3.05) is 11.9 Å². The lowest BCUT2D eigenvalue weighted by Crippen LogP contribution is -2.41. The van der Waals surface area contributed by atoms with Gasteiger partial charge in [-0.2, -0.15) is 8.42 Å². The lowest BCUT2D eigenvalue weighted by Gasteiger charge is -2.25. The van der Waals surface area contributed by atoms with Gasteiger partial charge >= 0.3 is 0 Å². The van der Waals surface area contributed by atoms with Gasteiger partial charge in [0.1, 0.15) is 0 Å². The molecule has 3 N–H and O–H groups in total. The van der Waals surface area contributed by atoms with Crippen LogP contribution in [0.2, 0.25) is 0 Å². The number of hydrogen-bond acceptors (Lipinski definition) is 4. The first-order chi connectivity index (χ1) is 13.4. The predicted molar refractivity (Wildman–Crippen MR) is 112 cm³/mol. The van der Waals surface area contributed by atoms with Crippen molar-refractivity contribution in [2.24, 2.45) is 5.73 Å². The third kappa shape index (κ3) is 3.39. The summed E-state index contributed by atoms with van der Waals surface area (Å²) in [5, 5.41) is 1.74. The minimum absolute atomic E-state index is 0.0730. The SMILES string of the molecule is CN1c2ccccc2C2CCC(N)C21.O=S(=O)(O)c1ccc2ccccc2c1. The van der Waals surface area contributed by atoms with Gasteiger partial charge in [-0.25, -0.2) is 0 Å². The van der Waals surface area contributed by atoms with E-state index in [4.69, 9.17) is 10.3 Å². The van der Waals surface area contributed by atoms with E-state index in [1.54, 1.807) is 12.1 Å². The van der Waals surface area contributed by atoms with Gasteiger partial charge in [-0.3, -0.25) is 4.55 Å². The average Bonchev–Trinajstić information content (AvgIpc) is 3.21. The Balaban J connectivity index is 0.000000137. The predicted octanol–water partition coefficient (Wildman–Crippen LogP) is 3.80. The fourth-order valence-corrected chi connectivity index (χ4v) is 5.04. The van der Waals surface area contributed by atoms with Crippen LogP contribution >= 0.6 is 0 Å². The molecule has 1 heterocycles. The number of nitrogens with zero attached hydrogens (tertiary/aromatic N) is 1. The molecule has 5 nitrogen and oxygen atoms in total. The maximum Gasteiger partial charge on any atom is 0.294 e. The molecular formula is C22H24N2O3S. The van der Waals surface area contributed by atoms with Crippen LogP contribution in [-0.2, 0) is 10.1 Å². The van der Waals surface area contributed by atoms with Crippen LogP contribution in [0.5, 0.6) is 0 Å². The highest BCUT2D eigenvalue weighted by atomic mass is 32.2. The summed E-state index contributed by atoms with van der Waals surface area (Å²) in [6, 6.07) is 21.5. The van der Waals surface area contributed by atoms with Gasteiger partial charge in [-0.05, 0) is 47.4 Å². The standard InChI is InChI=1S/C12H16N2.C10H8O3S/c1-14-11-5-3-2-4-8(11)9-6-7-10(13)12(9)14;11-14(12,13)10-6-5-8-3-1-2-4-9(8)7-10/h2-5,9-10,12H,6-7,13H2,1H3;1-7H,(H,11,12,13). The normalized spacial score (nSPS) is 23.1. The molecule has 2 aliphatic rings. The number of likely N-dealkylation sites (N-methyl/N-ethyl adjacent to an activating group) is 1. The van der Waals surface area contributed by atoms with Crippen molar-refractivity contribution in [2.45, 2.75) is 35.7 Å². The summed E-state index contributed by atoms with van der Waals surface area (Å²) < 4.78 is 30.5. The van der Waals surface area contributed by atoms with Crippen LogP contribution < -0.4 is 10.6 Å². The number of fused-ring (bicyclic) bond motifs is 4. The van der Waals surface area contributed by atoms with Gasteiger partial charge in [-0.15, -0.1) is 0 Å². The van der Waals surface area contributed by atoms with Gasteiger partial charge < -0.3 is 10.6 Å². The Hall–Kier alpha value is -2.41. The van der Waals surface area contributed by atoms with Gasteiger partial charge in [0.15, 0.2) is 0 Å². The zero-order valence-electron chi connectivity index (χ0n) is 15.7. The number of nitrogens with two attached hydrogens (primary N) is 1. The third-order valence-corrected chi connectivity index (χ3v) is 6.69. The van der Waals surface area contributed by atoms with E-state index in [2.05, 4.69) is 36.2 Å². The van der Waals surface area contributed by atoms with E-state index < -0.39 is 10.1 Å². The first-order valence-electron chi connectivity index (χ1n) is 9.40. The van der Waals surface area contributed by atoms with E-state index in [1.165, 1.54) is 36.2 Å². The molecule has 3 unspecified atom stereocenters. The molecule has 1 saturated carbocycles. The minimum Gasteiger partial charge on any atom is -0.369 e. The van der Waals surface area contributed by atoms with Crippen LogP contribution in [0, 0.1) is 0 Å². The zero-order chi connectivity index (χ0) is 19.9. The Bertz CT molecular complexity index is 1110. The summed E-state index contributed by atoms with van der Waals surface area (Å²) >= 11 is 0. The summed E-state index contributed by atoms with van der Waals surface area (Å²) in [6.07, 6.45) is 2.43. The topological polar surface area (TPSA) is 83.6 Å². The molecule has 3 aromatic rings. The van der Waals surface area contributed by atoms with E-state index >= 15 is 0 Å². The van der Waals surface area contributed by atoms with Crippen molar-refractivity contribution >= 4 is 26.6 Å². The zero-order valence-corrected chi connectivity index (χ0v) is 16.5. The second kappa shape index (κ2) is 7.20. The first-order valence-corrected chi connectivity index (χ1v) is 10.8. The Morgan fingerprint density at radius 1 is 0.964 bits per heavy atom. The molecule has 3 atom stereocenters. The number of anilines is 1. The highest BCUT2D eigenvalue weighted by Gasteiger charge is 2.43. The lowest BCUT2D eigenvalue weighted by atomic mass is 9.97. The monoisotopic (exact) mass is 396 g/mol. The van der Waals surface area contributed by atoms with Gasteiger partial charge in [-0.1, -0.05) is 48.5 Å². The van der Waals surface area contributed by atoms with Crippen molar-refractivity contribution in [3.8, 4) is 0 Å². The average molecular weight is 397 g/mol. The Kier molecular flexibility index (Phi) is 4.87. The third-order valence-electron chi connectivity index (χ3n) is 5.84. The maximum atomic E-state index is 10.8. The summed E-state index contributed by atoms with van der Waals surface area (Å²) in [6.45, 7) is 0. The molecule has 3 aromatic carbocycles. The van der Waals surface area contributed by atoms with Crippen LogP contribution in [-0.4, -0.2) is 32.1 Å². The fourth-order valence-electron chi connectivity index (χ4n) is 4.52. The van der Waals surface area contributed by atoms with Crippen molar-refractivity contribution in [3.05, 3.63) is 72.3 Å². The van der Waals surface area contributed by atoms with E-state index in [9.17, 15) is 8.42 Å². The maximum absolute atomic E-state index is 10.8. The fraction of sp³-hybridized carbons (Fsp3) is 0.273. The minimum atomic E-state index is -4.09. The number of rotatable bonds is 1. The summed E-state index contributed by atoms with van der Waals surface area (Å²) in [4.78, 5) is 2.30. The van der Waals surface area contributed by atoms with Crippen LogP contribution in [0.4, 0.5) is 5.69 Å². The molecule has 1 fully saturated rings. The lowest BCUT2D eigenvalue weighted by molar-refractivity contribution is 0.483. The van der Waals surface area contributed by atoms with E-state index in [-0.39, 0.29) is 4.90 Å². The second-order valence-corrected chi connectivity index (χ2v) is 8.91. The van der Waals surface area contributed by atoms with Crippen LogP contribution in [0.15, 0.2) is 71.6 Å². The number of benzene rings is 3. The Morgan fingerprint density at radius 2 is 1.64 bits per heavy atom. The summed E-state index contributed by atoms with van der Waals surface area (Å²) in [5.41, 5.74) is 9.04. The molecule has 1 aliphatic heterocycles. The molecule has 0 aromatic heterocycles. The van der Waals surface area contributed by atoms with Gasteiger partial charge in [0, 0.05) is 24.7 Å². The molecule has 0 spiro atoms. The van der Waals surface area contributed by atoms with E-state index in [0.717, 1.165) is 10.8 Å². The number of para-hydroxylation sites is 1. The molecule has 0 saturated heterocycles. The van der Waals surface area contributed by atoms with Crippen LogP contribution in [0.25, 0.3) is 10.8 Å². The van der Waals surface area contributed by atoms with Crippen LogP contribution in [0.1, 0.15) is 24.3 Å². The molecule has 6 heteroatoms. The van der Waals surface area contributed by atoms with E-state index in [1.807, 2.05) is 18.2 Å². The summed E-state index contributed by atoms with van der Waals surface area (Å²) in [5.74, 6) is 0.686. The van der Waals surface area contributed by atoms with Crippen molar-refractivity contribution in [3.63, 3.8) is 0 Å². The number of hydrogen-bond donors (Lipinski definition) is 2. The molecule has 146 valence electrons. The molecule has 0 radical (unpaired) electrons. The molecule has 5 rings (SSSR count). The Morgan fingerprint density at radius 3 is 2.39 bits per heavy atom. The molecule has 0 bridgehead atoms. The van der Waals surface area contributed by atoms with Gasteiger partial charge in [0.25, 0.3) is 10.1 Å². The summed E-state index contributed by atoms with van der Waals surface area (Å²) in [7, 11) is -1.92. The van der Waals surface area contributed by atoms with Gasteiger partial charge in [0.2, 0.25) is 0 Å². The highest BCUT2D eigenvalue weighted by molar-refractivity contribution is 7.85. The molecule has 28 heavy (non-hydrogen) atoms. The molecule has 1 aliphatic carbocycles. The first kappa shape index (κ1) is 18.9. The Labute approximate surface area is 165 Å². The van der Waals surface area contributed by atoms with Gasteiger partial charge in [0.05, 0.1) is 10.9 Å². The van der Waals surface area contributed by atoms with Crippen molar-refractivity contribution in [1.29, 1.82) is 0 Å². The van der Waals surface area contributed by atoms with Crippen molar-refractivity contribution < 1.29 is 13.0 Å². The largest absolute Gasteiger partial charge is 0.369 e. The highest BCUT2D eigenvalue weighted by Crippen LogP contribution is 2.47. The van der Waals surface area contributed by atoms with Crippen molar-refractivity contribution in [1.82, 2.24) is 0 Å². The molecular weight excluding hydrogens is 372 g/mol. The second-order valence-electron chi connectivity index (χ2n) is 7.49. The smallest absolute Gasteiger partial charge is 0.294 e.